The molecular formula is C48H64N8O8S2. The Hall–Kier alpha value is -5.36. The molecular weight excluding hydrogens is 881 g/mol. The van der Waals surface area contributed by atoms with Crippen molar-refractivity contribution in [2.24, 2.45) is 17.6 Å². The number of nitrogens with one attached hydrogen (secondary N) is 2. The fourth-order valence-corrected chi connectivity index (χ4v) is 11.1. The SMILES string of the molecule is COc1ccc2c(O[C@@H]3C[C@@H](C(N)=O)N(C(=O)[C@H](CCCCC/C=C\[C@@H]4CCCC4C(=O)NS(=O)(=O)C4(C)CC4)NC(=O)c4ccn(C(C)C)n4)C3)cc(-c3nc(C(C)C)cs3)nc2c1C. The predicted octanol–water partition coefficient (Wildman–Crippen LogP) is 7.13. The predicted molar refractivity (Wildman–Crippen MR) is 254 cm³/mol. The third-order valence-corrected chi connectivity index (χ3v) is 16.4. The Balaban J connectivity index is 1.04. The van der Waals surface area contributed by atoms with E-state index in [4.69, 9.17) is 25.2 Å². The van der Waals surface area contributed by atoms with E-state index in [1.165, 1.54) is 16.2 Å². The number of sulfonamides is 1. The molecule has 0 radical (unpaired) electrons. The van der Waals surface area contributed by atoms with Gasteiger partial charge in [-0.1, -0.05) is 45.3 Å². The minimum atomic E-state index is -3.69. The number of rotatable bonds is 20. The van der Waals surface area contributed by atoms with E-state index >= 15 is 0 Å². The zero-order chi connectivity index (χ0) is 47.5. The van der Waals surface area contributed by atoms with Gasteiger partial charge < -0.3 is 25.4 Å². The molecule has 2 aliphatic carbocycles. The molecule has 4 aromatic rings. The first-order valence-corrected chi connectivity index (χ1v) is 25.6. The van der Waals surface area contributed by atoms with Crippen molar-refractivity contribution >= 4 is 55.9 Å². The largest absolute Gasteiger partial charge is 0.496 e. The van der Waals surface area contributed by atoms with Crippen LogP contribution in [0.3, 0.4) is 0 Å². The van der Waals surface area contributed by atoms with Crippen molar-refractivity contribution in [2.45, 2.75) is 147 Å². The summed E-state index contributed by atoms with van der Waals surface area (Å²) in [5.74, 6) is -1.01. The van der Waals surface area contributed by atoms with Crippen LogP contribution < -0.4 is 25.2 Å². The standard InChI is InChI=1S/C48H64N8O8S2/c1-28(2)38-27-65-46(52-38)37-25-41(34-18-19-40(63-7)30(5)42(34)50-37)64-32-24-39(43(49)57)55(26-32)47(60)36(51-45(59)35-20-23-56(53-35)29(3)4)17-12-10-8-9-11-14-31-15-13-16-33(31)44(58)54-66(61,62)48(6)21-22-48/h11,14,18-20,23,25,27-29,31-33,36,39H,8-10,12-13,15-17,21-22,24,26H2,1-7H3,(H2,49,57)(H,51,59)(H,54,58)/b14-11-/t31-,32-,33?,36+,39+/m1/s1. The molecule has 4 N–H and O–H groups in total. The molecule has 3 fully saturated rings. The Morgan fingerprint density at radius 3 is 2.48 bits per heavy atom. The van der Waals surface area contributed by atoms with Crippen molar-refractivity contribution in [3.63, 3.8) is 0 Å². The normalized spacial score (nSPS) is 20.9. The van der Waals surface area contributed by atoms with Gasteiger partial charge in [-0.3, -0.25) is 28.6 Å². The number of aromatic nitrogens is 4. The van der Waals surface area contributed by atoms with Crippen LogP contribution in [0.5, 0.6) is 11.5 Å². The highest BCUT2D eigenvalue weighted by atomic mass is 32.2. The number of aryl methyl sites for hydroxylation is 1. The number of fused-ring (bicyclic) bond motifs is 1. The molecule has 1 aromatic carbocycles. The summed E-state index contributed by atoms with van der Waals surface area (Å²) in [7, 11) is -2.08. The number of unbranched alkanes of at least 4 members (excludes halogenated alkanes) is 3. The van der Waals surface area contributed by atoms with Gasteiger partial charge in [-0.2, -0.15) is 5.10 Å². The quantitative estimate of drug-likeness (QED) is 0.0598. The van der Waals surface area contributed by atoms with Crippen LogP contribution in [0.2, 0.25) is 0 Å². The number of amides is 4. The van der Waals surface area contributed by atoms with E-state index in [1.807, 2.05) is 50.4 Å². The van der Waals surface area contributed by atoms with Gasteiger partial charge in [0.1, 0.15) is 46.1 Å². The third kappa shape index (κ3) is 10.7. The van der Waals surface area contributed by atoms with E-state index < -0.39 is 56.6 Å². The highest BCUT2D eigenvalue weighted by Crippen LogP contribution is 2.43. The number of benzene rings is 1. The Bertz CT molecular complexity index is 2580. The van der Waals surface area contributed by atoms with Gasteiger partial charge in [0.15, 0.2) is 0 Å². The summed E-state index contributed by atoms with van der Waals surface area (Å²) in [6.07, 6.45) is 11.9. The van der Waals surface area contributed by atoms with Gasteiger partial charge >= 0.3 is 0 Å². The van der Waals surface area contributed by atoms with Gasteiger partial charge in [0.05, 0.1) is 29.6 Å². The molecule has 4 heterocycles. The lowest BCUT2D eigenvalue weighted by atomic mass is 9.94. The van der Waals surface area contributed by atoms with Crippen LogP contribution in [0.15, 0.2) is 48.0 Å². The topological polar surface area (TPSA) is 218 Å². The number of ether oxygens (including phenoxy) is 2. The summed E-state index contributed by atoms with van der Waals surface area (Å²) < 4.78 is 40.9. The monoisotopic (exact) mass is 944 g/mol. The number of pyridine rings is 1. The second-order valence-corrected chi connectivity index (χ2v) is 22.0. The van der Waals surface area contributed by atoms with Crippen LogP contribution in [0, 0.1) is 18.8 Å². The van der Waals surface area contributed by atoms with Crippen LogP contribution in [-0.2, 0) is 24.4 Å². The average molecular weight is 945 g/mol. The van der Waals surface area contributed by atoms with E-state index in [9.17, 15) is 27.6 Å². The third-order valence-electron chi connectivity index (χ3n) is 13.3. The molecule has 2 saturated carbocycles. The second kappa shape index (κ2) is 20.2. The van der Waals surface area contributed by atoms with Crippen molar-refractivity contribution in [2.75, 3.05) is 13.7 Å². The average Bonchev–Trinajstić information content (AvgIpc) is 3.84. The van der Waals surface area contributed by atoms with Crippen molar-refractivity contribution in [3.05, 3.63) is 64.9 Å². The summed E-state index contributed by atoms with van der Waals surface area (Å²) in [5, 5.41) is 10.8. The van der Waals surface area contributed by atoms with E-state index in [1.54, 1.807) is 31.0 Å². The van der Waals surface area contributed by atoms with Crippen LogP contribution in [-0.4, -0.2) is 93.3 Å². The zero-order valence-corrected chi connectivity index (χ0v) is 40.7. The number of thiazole rings is 1. The van der Waals surface area contributed by atoms with Crippen molar-refractivity contribution in [3.8, 4) is 22.2 Å². The number of primary amides is 1. The Morgan fingerprint density at radius 2 is 1.82 bits per heavy atom. The van der Waals surface area contributed by atoms with Crippen molar-refractivity contribution in [1.29, 1.82) is 0 Å². The second-order valence-electron chi connectivity index (χ2n) is 18.9. The van der Waals surface area contributed by atoms with Gasteiger partial charge in [-0.05, 0) is 103 Å². The minimum Gasteiger partial charge on any atom is -0.496 e. The highest BCUT2D eigenvalue weighted by Gasteiger charge is 2.51. The van der Waals surface area contributed by atoms with Crippen LogP contribution in [0.25, 0.3) is 21.6 Å². The number of hydrogen-bond donors (Lipinski definition) is 3. The molecule has 0 spiro atoms. The van der Waals surface area contributed by atoms with E-state index in [0.29, 0.717) is 54.8 Å². The lowest BCUT2D eigenvalue weighted by Gasteiger charge is -2.27. The van der Waals surface area contributed by atoms with Crippen LogP contribution in [0.1, 0.15) is 139 Å². The van der Waals surface area contributed by atoms with E-state index in [-0.39, 0.29) is 42.5 Å². The summed E-state index contributed by atoms with van der Waals surface area (Å²) in [6, 6.07) is 5.27. The lowest BCUT2D eigenvalue weighted by molar-refractivity contribution is -0.139. The van der Waals surface area contributed by atoms with Crippen LogP contribution >= 0.6 is 11.3 Å². The molecule has 5 atom stereocenters. The molecule has 1 saturated heterocycles. The fraction of sp³-hybridized carbons (Fsp3) is 0.562. The number of carbonyl (C=O) groups is 4. The zero-order valence-electron chi connectivity index (χ0n) is 39.0. The van der Waals surface area contributed by atoms with Gasteiger partial charge in [0, 0.05) is 47.0 Å². The highest BCUT2D eigenvalue weighted by molar-refractivity contribution is 7.91. The first-order chi connectivity index (χ1) is 31.4. The fourth-order valence-electron chi connectivity index (χ4n) is 8.87. The molecule has 16 nitrogen and oxygen atoms in total. The summed E-state index contributed by atoms with van der Waals surface area (Å²) >= 11 is 1.50. The number of nitrogens with zero attached hydrogens (tertiary/aromatic N) is 5. The molecule has 1 aliphatic heterocycles. The van der Waals surface area contributed by atoms with E-state index in [2.05, 4.69) is 35.1 Å². The molecule has 18 heteroatoms. The number of methoxy groups -OCH3 is 1. The Labute approximate surface area is 391 Å². The summed E-state index contributed by atoms with van der Waals surface area (Å²) in [5.41, 5.74) is 9.25. The first kappa shape index (κ1) is 48.6. The van der Waals surface area contributed by atoms with Crippen molar-refractivity contribution < 1.29 is 37.1 Å². The molecule has 4 amide bonds. The maximum Gasteiger partial charge on any atom is 0.272 e. The number of nitrogens with two attached hydrogens (primary N) is 1. The molecule has 1 unspecified atom stereocenters. The van der Waals surface area contributed by atoms with Crippen molar-refractivity contribution in [1.82, 2.24) is 34.7 Å². The first-order valence-electron chi connectivity index (χ1n) is 23.2. The Morgan fingerprint density at radius 1 is 1.05 bits per heavy atom. The maximum atomic E-state index is 14.6. The van der Waals surface area contributed by atoms with E-state index in [0.717, 1.165) is 53.8 Å². The number of likely N-dealkylation sites (tertiary alicyclic amines) is 1. The number of allylic oxidation sites excluding steroid dienone is 2. The molecule has 0 bridgehead atoms. The molecule has 356 valence electrons. The molecule has 66 heavy (non-hydrogen) atoms. The maximum absolute atomic E-state index is 14.6. The molecule has 3 aromatic heterocycles. The number of carbonyl (C=O) groups excluding carboxylic acids is 4. The Kier molecular flexibility index (Phi) is 14.9. The van der Waals surface area contributed by atoms with Gasteiger partial charge in [0.2, 0.25) is 27.7 Å². The molecule has 7 rings (SSSR count). The molecule has 3 aliphatic rings. The lowest BCUT2D eigenvalue weighted by Crippen LogP contribution is -2.53. The summed E-state index contributed by atoms with van der Waals surface area (Å²) in [4.78, 5) is 65.6. The van der Waals surface area contributed by atoms with Gasteiger partial charge in [0.25, 0.3) is 5.91 Å². The van der Waals surface area contributed by atoms with Gasteiger partial charge in [-0.25, -0.2) is 18.4 Å². The smallest absolute Gasteiger partial charge is 0.272 e. The van der Waals surface area contributed by atoms with Crippen LogP contribution in [0.4, 0.5) is 0 Å². The van der Waals surface area contributed by atoms with Gasteiger partial charge in [-0.15, -0.1) is 11.3 Å². The minimum absolute atomic E-state index is 0.0262. The number of hydrogen-bond acceptors (Lipinski definition) is 12. The summed E-state index contributed by atoms with van der Waals surface area (Å²) in [6.45, 7) is 11.7.